The molecule has 0 atom stereocenters. The van der Waals surface area contributed by atoms with Crippen molar-refractivity contribution in [3.8, 4) is 5.69 Å². The van der Waals surface area contributed by atoms with Gasteiger partial charge in [0.2, 0.25) is 0 Å². The summed E-state index contributed by atoms with van der Waals surface area (Å²) in [7, 11) is 0. The van der Waals surface area contributed by atoms with E-state index in [4.69, 9.17) is 4.74 Å². The molecule has 0 unspecified atom stereocenters. The highest BCUT2D eigenvalue weighted by Gasteiger charge is 2.24. The number of amides is 2. The largest absolute Gasteiger partial charge is 0.449 e. The van der Waals surface area contributed by atoms with E-state index in [2.05, 4.69) is 9.55 Å². The van der Waals surface area contributed by atoms with Gasteiger partial charge in [0.15, 0.2) is 0 Å². The maximum absolute atomic E-state index is 13.2. The molecular formula is C25H30N4O3. The summed E-state index contributed by atoms with van der Waals surface area (Å²) in [5.41, 5.74) is 3.43. The average Bonchev–Trinajstić information content (AvgIpc) is 2.95. The highest BCUT2D eigenvalue weighted by Crippen LogP contribution is 2.23. The van der Waals surface area contributed by atoms with Crippen molar-refractivity contribution in [2.75, 3.05) is 32.8 Å². The Morgan fingerprint density at radius 2 is 1.72 bits per heavy atom. The molecule has 0 aliphatic carbocycles. The molecule has 1 aromatic heterocycles. The first-order chi connectivity index (χ1) is 15.4. The molecule has 1 fully saturated rings. The Bertz CT molecular complexity index is 1110. The SMILES string of the molecule is Cc1nc2cc(C(=O)N3CCCN(C(=O)OCC(C)C)CC3)ccc2n1-c1ccccc1. The van der Waals surface area contributed by atoms with E-state index in [9.17, 15) is 9.59 Å². The molecule has 0 radical (unpaired) electrons. The predicted octanol–water partition coefficient (Wildman–Crippen LogP) is 4.27. The standard InChI is InChI=1S/C25H30N4O3/c1-18(2)17-32-25(31)28-13-7-12-27(14-15-28)24(30)20-10-11-23-22(16-20)26-19(3)29(23)21-8-5-4-6-9-21/h4-6,8-11,16,18H,7,12-15,17H2,1-3H3. The van der Waals surface area contributed by atoms with Crippen LogP contribution in [0, 0.1) is 12.8 Å². The van der Waals surface area contributed by atoms with E-state index in [0.717, 1.165) is 29.0 Å². The molecule has 1 aliphatic heterocycles. The summed E-state index contributed by atoms with van der Waals surface area (Å²) in [6.07, 6.45) is 0.434. The summed E-state index contributed by atoms with van der Waals surface area (Å²) in [6.45, 7) is 8.58. The zero-order chi connectivity index (χ0) is 22.7. The van der Waals surface area contributed by atoms with Crippen LogP contribution in [0.1, 0.15) is 36.5 Å². The number of hydrogen-bond acceptors (Lipinski definition) is 4. The number of fused-ring (bicyclic) bond motifs is 1. The smallest absolute Gasteiger partial charge is 0.409 e. The van der Waals surface area contributed by atoms with Crippen LogP contribution in [0.25, 0.3) is 16.7 Å². The third-order valence-corrected chi connectivity index (χ3v) is 5.66. The number of aromatic nitrogens is 2. The van der Waals surface area contributed by atoms with Gasteiger partial charge in [-0.05, 0) is 49.6 Å². The van der Waals surface area contributed by atoms with E-state index < -0.39 is 0 Å². The molecule has 7 heteroatoms. The molecule has 32 heavy (non-hydrogen) atoms. The predicted molar refractivity (Wildman–Crippen MR) is 124 cm³/mol. The molecular weight excluding hydrogens is 404 g/mol. The first kappa shape index (κ1) is 21.9. The molecule has 168 valence electrons. The van der Waals surface area contributed by atoms with E-state index in [1.54, 1.807) is 4.90 Å². The second-order valence-electron chi connectivity index (χ2n) is 8.64. The van der Waals surface area contributed by atoms with Gasteiger partial charge in [0, 0.05) is 37.4 Å². The summed E-state index contributed by atoms with van der Waals surface area (Å²) in [5.74, 6) is 1.14. The fourth-order valence-corrected chi connectivity index (χ4v) is 4.05. The summed E-state index contributed by atoms with van der Waals surface area (Å²) >= 11 is 0. The number of carbonyl (C=O) groups is 2. The monoisotopic (exact) mass is 434 g/mol. The quantitative estimate of drug-likeness (QED) is 0.615. The van der Waals surface area contributed by atoms with Gasteiger partial charge in [-0.2, -0.15) is 0 Å². The number of nitrogens with zero attached hydrogens (tertiary/aromatic N) is 4. The second kappa shape index (κ2) is 9.42. The lowest BCUT2D eigenvalue weighted by Gasteiger charge is -2.22. The molecule has 4 rings (SSSR count). The van der Waals surface area contributed by atoms with E-state index in [-0.39, 0.29) is 12.0 Å². The Balaban J connectivity index is 1.49. The van der Waals surface area contributed by atoms with Crippen molar-refractivity contribution in [2.45, 2.75) is 27.2 Å². The van der Waals surface area contributed by atoms with Gasteiger partial charge in [-0.25, -0.2) is 9.78 Å². The van der Waals surface area contributed by atoms with Crippen molar-refractivity contribution in [3.63, 3.8) is 0 Å². The lowest BCUT2D eigenvalue weighted by molar-refractivity contribution is 0.0746. The van der Waals surface area contributed by atoms with Gasteiger partial charge in [-0.15, -0.1) is 0 Å². The molecule has 2 amide bonds. The normalized spacial score (nSPS) is 14.6. The van der Waals surface area contributed by atoms with Gasteiger partial charge in [0.25, 0.3) is 5.91 Å². The number of rotatable bonds is 4. The molecule has 2 aromatic carbocycles. The average molecular weight is 435 g/mol. The number of ether oxygens (including phenoxy) is 1. The topological polar surface area (TPSA) is 67.7 Å². The Kier molecular flexibility index (Phi) is 6.44. The molecule has 3 aromatic rings. The fourth-order valence-electron chi connectivity index (χ4n) is 4.05. The van der Waals surface area contributed by atoms with Gasteiger partial charge in [0.05, 0.1) is 17.6 Å². The first-order valence-corrected chi connectivity index (χ1v) is 11.2. The highest BCUT2D eigenvalue weighted by molar-refractivity contribution is 5.97. The fraction of sp³-hybridized carbons (Fsp3) is 0.400. The maximum Gasteiger partial charge on any atom is 0.409 e. The van der Waals surface area contributed by atoms with Gasteiger partial charge in [-0.1, -0.05) is 32.0 Å². The molecule has 7 nitrogen and oxygen atoms in total. The number of hydrogen-bond donors (Lipinski definition) is 0. The number of aryl methyl sites for hydroxylation is 1. The second-order valence-corrected chi connectivity index (χ2v) is 8.64. The van der Waals surface area contributed by atoms with Gasteiger partial charge >= 0.3 is 6.09 Å². The van der Waals surface area contributed by atoms with Crippen LogP contribution in [-0.2, 0) is 4.74 Å². The van der Waals surface area contributed by atoms with Gasteiger partial charge in [-0.3, -0.25) is 9.36 Å². The van der Waals surface area contributed by atoms with Crippen LogP contribution < -0.4 is 0 Å². The van der Waals surface area contributed by atoms with E-state index in [1.807, 2.05) is 74.2 Å². The van der Waals surface area contributed by atoms with E-state index in [0.29, 0.717) is 44.3 Å². The van der Waals surface area contributed by atoms with Crippen molar-refractivity contribution in [1.29, 1.82) is 0 Å². The van der Waals surface area contributed by atoms with Crippen LogP contribution in [-0.4, -0.2) is 64.1 Å². The first-order valence-electron chi connectivity index (χ1n) is 11.2. The zero-order valence-electron chi connectivity index (χ0n) is 19.0. The molecule has 0 spiro atoms. The zero-order valence-corrected chi connectivity index (χ0v) is 19.0. The highest BCUT2D eigenvalue weighted by atomic mass is 16.6. The third kappa shape index (κ3) is 4.61. The third-order valence-electron chi connectivity index (χ3n) is 5.66. The molecule has 0 bridgehead atoms. The molecule has 0 saturated carbocycles. The summed E-state index contributed by atoms with van der Waals surface area (Å²) in [4.78, 5) is 33.7. The lowest BCUT2D eigenvalue weighted by Crippen LogP contribution is -2.37. The summed E-state index contributed by atoms with van der Waals surface area (Å²) in [6, 6.07) is 15.8. The van der Waals surface area contributed by atoms with Crippen molar-refractivity contribution < 1.29 is 14.3 Å². The Morgan fingerprint density at radius 1 is 1.00 bits per heavy atom. The van der Waals surface area contributed by atoms with Crippen molar-refractivity contribution in [3.05, 3.63) is 59.9 Å². The summed E-state index contributed by atoms with van der Waals surface area (Å²) < 4.78 is 7.44. The number of para-hydroxylation sites is 1. The lowest BCUT2D eigenvalue weighted by atomic mass is 10.1. The minimum atomic E-state index is -0.295. The minimum Gasteiger partial charge on any atom is -0.449 e. The van der Waals surface area contributed by atoms with Crippen LogP contribution in [0.15, 0.2) is 48.5 Å². The molecule has 1 aliphatic rings. The van der Waals surface area contributed by atoms with Crippen LogP contribution >= 0.6 is 0 Å². The van der Waals surface area contributed by atoms with Crippen molar-refractivity contribution >= 4 is 23.0 Å². The van der Waals surface area contributed by atoms with Gasteiger partial charge in [0.1, 0.15) is 5.82 Å². The Morgan fingerprint density at radius 3 is 2.47 bits per heavy atom. The van der Waals surface area contributed by atoms with Crippen LogP contribution in [0.2, 0.25) is 0 Å². The van der Waals surface area contributed by atoms with E-state index >= 15 is 0 Å². The molecule has 0 N–H and O–H groups in total. The number of imidazole rings is 1. The van der Waals surface area contributed by atoms with Crippen LogP contribution in [0.4, 0.5) is 4.79 Å². The number of carbonyl (C=O) groups excluding carboxylic acids is 2. The Labute approximate surface area is 188 Å². The number of benzene rings is 2. The minimum absolute atomic E-state index is 0.0313. The maximum atomic E-state index is 13.2. The molecule has 2 heterocycles. The van der Waals surface area contributed by atoms with Gasteiger partial charge < -0.3 is 14.5 Å². The van der Waals surface area contributed by atoms with Crippen LogP contribution in [0.5, 0.6) is 0 Å². The van der Waals surface area contributed by atoms with Crippen molar-refractivity contribution in [2.24, 2.45) is 5.92 Å². The van der Waals surface area contributed by atoms with Crippen molar-refractivity contribution in [1.82, 2.24) is 19.4 Å². The summed E-state index contributed by atoms with van der Waals surface area (Å²) in [5, 5.41) is 0. The Hall–Kier alpha value is -3.35. The van der Waals surface area contributed by atoms with E-state index in [1.165, 1.54) is 0 Å². The van der Waals surface area contributed by atoms with Crippen LogP contribution in [0.3, 0.4) is 0 Å². The molecule has 1 saturated heterocycles.